The first-order chi connectivity index (χ1) is 8.70. The molecule has 0 saturated carbocycles. The molecule has 5 nitrogen and oxygen atoms in total. The molecular formula is C12H15Cl2N3O2. The molecule has 0 aliphatic rings. The van der Waals surface area contributed by atoms with E-state index in [0.29, 0.717) is 15.7 Å². The van der Waals surface area contributed by atoms with Crippen LogP contribution in [0.25, 0.3) is 0 Å². The third-order valence-electron chi connectivity index (χ3n) is 2.81. The van der Waals surface area contributed by atoms with Gasteiger partial charge in [-0.1, -0.05) is 28.4 Å². The number of halogens is 2. The molecule has 0 heterocycles. The Morgan fingerprint density at radius 2 is 1.95 bits per heavy atom. The summed E-state index contributed by atoms with van der Waals surface area (Å²) in [4.78, 5) is 12.1. The van der Waals surface area contributed by atoms with Gasteiger partial charge >= 0.3 is 0 Å². The quantitative estimate of drug-likeness (QED) is 0.347. The number of anilines is 1. The van der Waals surface area contributed by atoms with Crippen LogP contribution in [0.3, 0.4) is 0 Å². The average Bonchev–Trinajstić information content (AvgIpc) is 2.34. The normalized spacial score (nSPS) is 12.4. The Morgan fingerprint density at radius 1 is 1.37 bits per heavy atom. The molecule has 19 heavy (non-hydrogen) atoms. The predicted octanol–water partition coefficient (Wildman–Crippen LogP) is 3.01. The first-order valence-corrected chi connectivity index (χ1v) is 6.21. The Morgan fingerprint density at radius 3 is 2.47 bits per heavy atom. The lowest BCUT2D eigenvalue weighted by atomic mass is 9.91. The molecular weight excluding hydrogens is 289 g/mol. The van der Waals surface area contributed by atoms with Crippen molar-refractivity contribution >= 4 is 40.6 Å². The van der Waals surface area contributed by atoms with Crippen molar-refractivity contribution in [3.05, 3.63) is 27.7 Å². The minimum atomic E-state index is -1.17. The highest BCUT2D eigenvalue weighted by atomic mass is 35.5. The lowest BCUT2D eigenvalue weighted by Crippen LogP contribution is -2.42. The lowest BCUT2D eigenvalue weighted by Gasteiger charge is -2.22. The highest BCUT2D eigenvalue weighted by Crippen LogP contribution is 2.30. The summed E-state index contributed by atoms with van der Waals surface area (Å²) >= 11 is 12.0. The smallest absolute Gasteiger partial charge is 0.237 e. The number of rotatable bonds is 3. The number of aryl methyl sites for hydroxylation is 1. The number of oxime groups is 1. The fourth-order valence-corrected chi connectivity index (χ4v) is 1.69. The molecule has 0 aromatic heterocycles. The van der Waals surface area contributed by atoms with Crippen molar-refractivity contribution in [2.45, 2.75) is 20.8 Å². The first kappa shape index (κ1) is 15.6. The third kappa shape index (κ3) is 3.30. The second-order valence-electron chi connectivity index (χ2n) is 4.65. The molecule has 1 aromatic carbocycles. The van der Waals surface area contributed by atoms with Crippen molar-refractivity contribution in [2.24, 2.45) is 16.3 Å². The van der Waals surface area contributed by atoms with Crippen LogP contribution in [0.2, 0.25) is 10.0 Å². The van der Waals surface area contributed by atoms with Crippen LogP contribution in [0, 0.1) is 12.3 Å². The average molecular weight is 304 g/mol. The number of carbonyl (C=O) groups is 1. The fraction of sp³-hybridized carbons (Fsp3) is 0.333. The molecule has 0 atom stereocenters. The molecule has 0 spiro atoms. The molecule has 104 valence electrons. The van der Waals surface area contributed by atoms with Crippen LogP contribution in [-0.2, 0) is 4.79 Å². The summed E-state index contributed by atoms with van der Waals surface area (Å²) in [5, 5.41) is 15.0. The van der Waals surface area contributed by atoms with E-state index >= 15 is 0 Å². The Hall–Kier alpha value is -1.46. The van der Waals surface area contributed by atoms with Crippen molar-refractivity contribution in [3.8, 4) is 0 Å². The molecule has 0 radical (unpaired) electrons. The minimum Gasteiger partial charge on any atom is -0.409 e. The second kappa shape index (κ2) is 5.67. The van der Waals surface area contributed by atoms with Gasteiger partial charge in [-0.3, -0.25) is 4.79 Å². The maximum Gasteiger partial charge on any atom is 0.237 e. The molecule has 7 heteroatoms. The zero-order valence-corrected chi connectivity index (χ0v) is 12.3. The molecule has 0 aliphatic carbocycles. The number of carbonyl (C=O) groups excluding carboxylic acids is 1. The summed E-state index contributed by atoms with van der Waals surface area (Å²) in [6, 6.07) is 3.20. The van der Waals surface area contributed by atoms with Crippen LogP contribution >= 0.6 is 23.2 Å². The Labute approximate surface area is 121 Å². The monoisotopic (exact) mass is 303 g/mol. The van der Waals surface area contributed by atoms with Crippen LogP contribution < -0.4 is 11.1 Å². The number of nitrogens with zero attached hydrogens (tertiary/aromatic N) is 1. The predicted molar refractivity (Wildman–Crippen MR) is 77.0 cm³/mol. The zero-order chi connectivity index (χ0) is 14.8. The van der Waals surface area contributed by atoms with Crippen LogP contribution in [0.15, 0.2) is 17.3 Å². The minimum absolute atomic E-state index is 0.195. The summed E-state index contributed by atoms with van der Waals surface area (Å²) in [7, 11) is 0. The van der Waals surface area contributed by atoms with Gasteiger partial charge in [0, 0.05) is 5.02 Å². The van der Waals surface area contributed by atoms with Gasteiger partial charge in [0.2, 0.25) is 5.91 Å². The molecule has 1 amide bonds. The maximum absolute atomic E-state index is 12.1. The lowest BCUT2D eigenvalue weighted by molar-refractivity contribution is -0.121. The van der Waals surface area contributed by atoms with E-state index in [4.69, 9.17) is 34.1 Å². The van der Waals surface area contributed by atoms with Crippen LogP contribution in [0.5, 0.6) is 0 Å². The third-order valence-corrected chi connectivity index (χ3v) is 3.53. The van der Waals surface area contributed by atoms with Crippen molar-refractivity contribution in [3.63, 3.8) is 0 Å². The van der Waals surface area contributed by atoms with Gasteiger partial charge in [-0.25, -0.2) is 0 Å². The number of nitrogens with two attached hydrogens (primary N) is 1. The number of hydrogen-bond donors (Lipinski definition) is 3. The molecule has 4 N–H and O–H groups in total. The van der Waals surface area contributed by atoms with Crippen LogP contribution in [0.4, 0.5) is 5.69 Å². The maximum atomic E-state index is 12.1. The van der Waals surface area contributed by atoms with Crippen LogP contribution in [-0.4, -0.2) is 17.0 Å². The van der Waals surface area contributed by atoms with Gasteiger partial charge in [-0.05, 0) is 38.5 Å². The molecule has 1 rings (SSSR count). The Kier molecular flexibility index (Phi) is 4.66. The van der Waals surface area contributed by atoms with Gasteiger partial charge < -0.3 is 16.3 Å². The van der Waals surface area contributed by atoms with E-state index in [0.717, 1.165) is 5.56 Å². The van der Waals surface area contributed by atoms with Crippen LogP contribution in [0.1, 0.15) is 19.4 Å². The van der Waals surface area contributed by atoms with Gasteiger partial charge in [0.05, 0.1) is 10.7 Å². The van der Waals surface area contributed by atoms with E-state index < -0.39 is 11.3 Å². The number of amides is 1. The van der Waals surface area contributed by atoms with E-state index in [2.05, 4.69) is 10.5 Å². The summed E-state index contributed by atoms with van der Waals surface area (Å²) < 4.78 is 0. The number of hydrogen-bond acceptors (Lipinski definition) is 3. The molecule has 0 bridgehead atoms. The SMILES string of the molecule is Cc1cc(Cl)c(NC(=O)C(C)(C)/C(N)=N/O)cc1Cl. The summed E-state index contributed by atoms with van der Waals surface area (Å²) in [5.41, 5.74) is 5.49. The van der Waals surface area contributed by atoms with Gasteiger partial charge in [0.15, 0.2) is 5.84 Å². The van der Waals surface area contributed by atoms with E-state index in [1.807, 2.05) is 0 Å². The van der Waals surface area contributed by atoms with Gasteiger partial charge in [-0.15, -0.1) is 0 Å². The van der Waals surface area contributed by atoms with Crippen molar-refractivity contribution in [1.82, 2.24) is 0 Å². The Bertz CT molecular complexity index is 542. The summed E-state index contributed by atoms with van der Waals surface area (Å²) in [5.74, 6) is -0.649. The highest BCUT2D eigenvalue weighted by molar-refractivity contribution is 6.36. The molecule has 1 aromatic rings. The first-order valence-electron chi connectivity index (χ1n) is 5.45. The zero-order valence-electron chi connectivity index (χ0n) is 10.8. The number of nitrogens with one attached hydrogen (secondary N) is 1. The van der Waals surface area contributed by atoms with Crippen molar-refractivity contribution in [1.29, 1.82) is 0 Å². The van der Waals surface area contributed by atoms with Gasteiger partial charge in [-0.2, -0.15) is 0 Å². The summed E-state index contributed by atoms with van der Waals surface area (Å²) in [6.07, 6.45) is 0. The highest BCUT2D eigenvalue weighted by Gasteiger charge is 2.33. The van der Waals surface area contributed by atoms with E-state index in [1.165, 1.54) is 13.8 Å². The Balaban J connectivity index is 3.04. The number of amidine groups is 1. The summed E-state index contributed by atoms with van der Waals surface area (Å²) in [6.45, 7) is 4.86. The molecule has 0 unspecified atom stereocenters. The molecule has 0 fully saturated rings. The molecule has 0 aliphatic heterocycles. The van der Waals surface area contributed by atoms with Gasteiger partial charge in [0.1, 0.15) is 5.41 Å². The fourth-order valence-electron chi connectivity index (χ4n) is 1.26. The van der Waals surface area contributed by atoms with Gasteiger partial charge in [0.25, 0.3) is 0 Å². The van der Waals surface area contributed by atoms with E-state index in [1.54, 1.807) is 19.1 Å². The van der Waals surface area contributed by atoms with Crippen molar-refractivity contribution < 1.29 is 10.0 Å². The molecule has 0 saturated heterocycles. The van der Waals surface area contributed by atoms with E-state index in [-0.39, 0.29) is 5.84 Å². The van der Waals surface area contributed by atoms with E-state index in [9.17, 15) is 4.79 Å². The second-order valence-corrected chi connectivity index (χ2v) is 5.46. The largest absolute Gasteiger partial charge is 0.409 e. The number of benzene rings is 1. The standard InChI is InChI=1S/C12H15Cl2N3O2/c1-6-4-8(14)9(5-7(6)13)16-11(18)12(2,3)10(15)17-19/h4-5,19H,1-3H3,(H2,15,17)(H,16,18). The van der Waals surface area contributed by atoms with Crippen molar-refractivity contribution in [2.75, 3.05) is 5.32 Å². The topological polar surface area (TPSA) is 87.7 Å².